The van der Waals surface area contributed by atoms with E-state index in [-0.39, 0.29) is 0 Å². The molecule has 1 aromatic rings. The van der Waals surface area contributed by atoms with Gasteiger partial charge in [-0.05, 0) is 35.0 Å². The van der Waals surface area contributed by atoms with Crippen LogP contribution in [0, 0.1) is 6.92 Å². The average Bonchev–Trinajstić information content (AvgIpc) is 2.20. The van der Waals surface area contributed by atoms with Crippen molar-refractivity contribution in [3.8, 4) is 0 Å². The minimum Gasteiger partial charge on any atom is -0.364 e. The van der Waals surface area contributed by atoms with E-state index < -0.39 is 19.0 Å². The van der Waals surface area contributed by atoms with E-state index in [4.69, 9.17) is 5.73 Å². The van der Waals surface area contributed by atoms with Crippen molar-refractivity contribution in [2.75, 3.05) is 18.4 Å². The van der Waals surface area contributed by atoms with E-state index in [1.165, 1.54) is 0 Å². The van der Waals surface area contributed by atoms with Crippen LogP contribution in [0.25, 0.3) is 0 Å². The summed E-state index contributed by atoms with van der Waals surface area (Å²) in [6.45, 7) is 0.615. The van der Waals surface area contributed by atoms with Crippen LogP contribution in [-0.2, 0) is 0 Å². The number of rotatable bonds is 4. The van der Waals surface area contributed by atoms with Crippen molar-refractivity contribution >= 4 is 21.7 Å². The number of nitrogens with zero attached hydrogens (tertiary/aromatic N) is 1. The molecule has 6 heteroatoms. The lowest BCUT2D eigenvalue weighted by atomic mass is 10.3. The van der Waals surface area contributed by atoms with Gasteiger partial charge >= 0.3 is 0 Å². The zero-order chi connectivity index (χ0) is 11.5. The van der Waals surface area contributed by atoms with Crippen LogP contribution >= 0.6 is 15.9 Å². The van der Waals surface area contributed by atoms with Crippen LogP contribution in [0.15, 0.2) is 16.6 Å². The first-order valence-corrected chi connectivity index (χ1v) is 5.19. The molecule has 0 aliphatic rings. The normalized spacial score (nSPS) is 11.5. The van der Waals surface area contributed by atoms with Gasteiger partial charge in [0.1, 0.15) is 5.82 Å². The van der Waals surface area contributed by atoms with E-state index in [0.717, 1.165) is 10.2 Å². The molecule has 0 atom stereocenters. The Bertz CT molecular complexity index is 344. The quantitative estimate of drug-likeness (QED) is 0.888. The molecule has 1 rings (SSSR count). The predicted octanol–water partition coefficient (Wildman–Crippen LogP) is 2.16. The van der Waals surface area contributed by atoms with Gasteiger partial charge in [-0.1, -0.05) is 0 Å². The van der Waals surface area contributed by atoms with Crippen molar-refractivity contribution in [1.82, 2.24) is 4.98 Å². The van der Waals surface area contributed by atoms with Gasteiger partial charge in [-0.15, -0.1) is 0 Å². The van der Waals surface area contributed by atoms with E-state index >= 15 is 0 Å². The highest BCUT2D eigenvalue weighted by molar-refractivity contribution is 9.10. The number of halogens is 3. The summed E-state index contributed by atoms with van der Waals surface area (Å²) in [6, 6.07) is 3.38. The number of hydrogen-bond acceptors (Lipinski definition) is 3. The Morgan fingerprint density at radius 1 is 1.53 bits per heavy atom. The average molecular weight is 280 g/mol. The molecule has 1 aromatic heterocycles. The van der Waals surface area contributed by atoms with Crippen LogP contribution in [0.5, 0.6) is 0 Å². The first-order chi connectivity index (χ1) is 6.94. The lowest BCUT2D eigenvalue weighted by Crippen LogP contribution is -2.35. The number of nitrogens with two attached hydrogens (primary N) is 1. The molecule has 0 saturated heterocycles. The summed E-state index contributed by atoms with van der Waals surface area (Å²) in [5, 5.41) is 2.54. The number of aromatic nitrogens is 1. The third-order valence-corrected chi connectivity index (χ3v) is 2.69. The van der Waals surface area contributed by atoms with Gasteiger partial charge in [-0.2, -0.15) is 0 Å². The fourth-order valence-electron chi connectivity index (χ4n) is 0.935. The number of pyridine rings is 1. The molecule has 0 radical (unpaired) electrons. The molecule has 3 nitrogen and oxygen atoms in total. The van der Waals surface area contributed by atoms with Gasteiger partial charge in [0.25, 0.3) is 5.92 Å². The molecule has 15 heavy (non-hydrogen) atoms. The zero-order valence-electron chi connectivity index (χ0n) is 8.23. The standard InChI is InChI=1S/C9H12BrF2N3/c1-6-7(10)2-3-8(15-6)14-5-9(11,12)4-13/h2-3H,4-5,13H2,1H3,(H,14,15). The highest BCUT2D eigenvalue weighted by Gasteiger charge is 2.26. The first-order valence-electron chi connectivity index (χ1n) is 4.39. The molecular weight excluding hydrogens is 268 g/mol. The predicted molar refractivity (Wildman–Crippen MR) is 59.2 cm³/mol. The number of nitrogens with one attached hydrogen (secondary N) is 1. The summed E-state index contributed by atoms with van der Waals surface area (Å²) in [5.74, 6) is -2.48. The van der Waals surface area contributed by atoms with Crippen LogP contribution in [0.4, 0.5) is 14.6 Å². The third-order valence-electron chi connectivity index (χ3n) is 1.85. The Labute approximate surface area is 95.2 Å². The largest absolute Gasteiger partial charge is 0.364 e. The number of alkyl halides is 2. The number of anilines is 1. The first kappa shape index (κ1) is 12.3. The van der Waals surface area contributed by atoms with Gasteiger partial charge in [-0.25, -0.2) is 13.8 Å². The van der Waals surface area contributed by atoms with Crippen molar-refractivity contribution in [3.05, 3.63) is 22.3 Å². The molecule has 0 bridgehead atoms. The van der Waals surface area contributed by atoms with E-state index in [1.54, 1.807) is 19.1 Å². The monoisotopic (exact) mass is 279 g/mol. The van der Waals surface area contributed by atoms with Gasteiger partial charge < -0.3 is 11.1 Å². The molecule has 0 amide bonds. The smallest absolute Gasteiger partial charge is 0.276 e. The van der Waals surface area contributed by atoms with Crippen LogP contribution in [0.1, 0.15) is 5.69 Å². The second kappa shape index (κ2) is 4.85. The Balaban J connectivity index is 2.62. The van der Waals surface area contributed by atoms with Crippen molar-refractivity contribution in [2.45, 2.75) is 12.8 Å². The van der Waals surface area contributed by atoms with Crippen LogP contribution in [-0.4, -0.2) is 24.0 Å². The second-order valence-corrected chi connectivity index (χ2v) is 4.03. The van der Waals surface area contributed by atoms with Crippen molar-refractivity contribution < 1.29 is 8.78 Å². The molecule has 0 fully saturated rings. The molecule has 0 aromatic carbocycles. The van der Waals surface area contributed by atoms with Crippen LogP contribution in [0.2, 0.25) is 0 Å². The Kier molecular flexibility index (Phi) is 3.98. The maximum absolute atomic E-state index is 12.8. The van der Waals surface area contributed by atoms with Gasteiger partial charge in [-0.3, -0.25) is 0 Å². The minimum atomic E-state index is -2.90. The molecule has 0 saturated carbocycles. The highest BCUT2D eigenvalue weighted by Crippen LogP contribution is 2.17. The van der Waals surface area contributed by atoms with E-state index in [2.05, 4.69) is 26.2 Å². The van der Waals surface area contributed by atoms with Gasteiger partial charge in [0.2, 0.25) is 0 Å². The maximum Gasteiger partial charge on any atom is 0.276 e. The highest BCUT2D eigenvalue weighted by atomic mass is 79.9. The van der Waals surface area contributed by atoms with Crippen molar-refractivity contribution in [3.63, 3.8) is 0 Å². The molecule has 0 aliphatic carbocycles. The molecule has 1 heterocycles. The number of hydrogen-bond donors (Lipinski definition) is 2. The van der Waals surface area contributed by atoms with Gasteiger partial charge in [0, 0.05) is 4.47 Å². The zero-order valence-corrected chi connectivity index (χ0v) is 9.81. The molecule has 0 aliphatic heterocycles. The van der Waals surface area contributed by atoms with Crippen molar-refractivity contribution in [2.24, 2.45) is 5.73 Å². The van der Waals surface area contributed by atoms with E-state index in [1.807, 2.05) is 0 Å². The minimum absolute atomic E-state index is 0.420. The van der Waals surface area contributed by atoms with E-state index in [9.17, 15) is 8.78 Å². The summed E-state index contributed by atoms with van der Waals surface area (Å²) in [5.41, 5.74) is 5.65. The van der Waals surface area contributed by atoms with Crippen LogP contribution in [0.3, 0.4) is 0 Å². The molecular formula is C9H12BrF2N3. The molecule has 3 N–H and O–H groups in total. The topological polar surface area (TPSA) is 50.9 Å². The third kappa shape index (κ3) is 3.71. The molecule has 0 unspecified atom stereocenters. The molecule has 0 spiro atoms. The fourth-order valence-corrected chi connectivity index (χ4v) is 1.16. The Hall–Kier alpha value is -0.750. The molecule has 84 valence electrons. The number of aryl methyl sites for hydroxylation is 1. The van der Waals surface area contributed by atoms with Crippen LogP contribution < -0.4 is 11.1 Å². The maximum atomic E-state index is 12.8. The van der Waals surface area contributed by atoms with E-state index in [0.29, 0.717) is 5.82 Å². The summed E-state index contributed by atoms with van der Waals surface area (Å²) < 4.78 is 26.4. The summed E-state index contributed by atoms with van der Waals surface area (Å²) in [6.07, 6.45) is 0. The second-order valence-electron chi connectivity index (χ2n) is 3.18. The lowest BCUT2D eigenvalue weighted by Gasteiger charge is -2.15. The lowest BCUT2D eigenvalue weighted by molar-refractivity contribution is 0.0253. The van der Waals surface area contributed by atoms with Gasteiger partial charge in [0.15, 0.2) is 0 Å². The SMILES string of the molecule is Cc1nc(NCC(F)(F)CN)ccc1Br. The summed E-state index contributed by atoms with van der Waals surface area (Å²) in [7, 11) is 0. The van der Waals surface area contributed by atoms with Crippen molar-refractivity contribution in [1.29, 1.82) is 0 Å². The van der Waals surface area contributed by atoms with Gasteiger partial charge in [0.05, 0.1) is 18.8 Å². The summed E-state index contributed by atoms with van der Waals surface area (Å²) in [4.78, 5) is 4.08. The Morgan fingerprint density at radius 3 is 2.73 bits per heavy atom. The fraction of sp³-hybridized carbons (Fsp3) is 0.444. The Morgan fingerprint density at radius 2 is 2.20 bits per heavy atom. The summed E-state index contributed by atoms with van der Waals surface area (Å²) >= 11 is 3.28.